The van der Waals surface area contributed by atoms with Crippen molar-refractivity contribution in [1.29, 1.82) is 0 Å². The van der Waals surface area contributed by atoms with E-state index in [1.54, 1.807) is 6.20 Å². The second-order valence-electron chi connectivity index (χ2n) is 5.07. The van der Waals surface area contributed by atoms with Crippen molar-refractivity contribution < 1.29 is 13.9 Å². The first kappa shape index (κ1) is 15.5. The van der Waals surface area contributed by atoms with Crippen LogP contribution in [0.5, 0.6) is 0 Å². The Kier molecular flexibility index (Phi) is 5.36. The molecule has 21 heavy (non-hydrogen) atoms. The van der Waals surface area contributed by atoms with E-state index in [1.165, 1.54) is 0 Å². The summed E-state index contributed by atoms with van der Waals surface area (Å²) in [5.41, 5.74) is 1.20. The average molecular weight is 292 g/mol. The zero-order valence-corrected chi connectivity index (χ0v) is 11.8. The molecule has 0 aliphatic rings. The molecule has 0 amide bonds. The van der Waals surface area contributed by atoms with Crippen LogP contribution in [0.1, 0.15) is 23.8 Å². The highest BCUT2D eigenvalue weighted by Gasteiger charge is 2.12. The summed E-state index contributed by atoms with van der Waals surface area (Å²) in [4.78, 5) is 6.23. The number of aliphatic hydroxyl groups is 1. The molecule has 0 saturated carbocycles. The van der Waals surface area contributed by atoms with Crippen LogP contribution in [-0.2, 0) is 6.54 Å². The van der Waals surface area contributed by atoms with E-state index >= 15 is 0 Å². The molecule has 0 saturated heterocycles. The molecule has 5 heteroatoms. The Labute approximate surface area is 122 Å². The van der Waals surface area contributed by atoms with Gasteiger partial charge in [-0.1, -0.05) is 6.07 Å². The Hall–Kier alpha value is -1.85. The van der Waals surface area contributed by atoms with E-state index in [-0.39, 0.29) is 5.56 Å². The lowest BCUT2D eigenvalue weighted by molar-refractivity contribution is 0.146. The number of hydrogen-bond acceptors (Lipinski definition) is 3. The van der Waals surface area contributed by atoms with Crippen molar-refractivity contribution in [2.75, 3.05) is 13.6 Å². The predicted octanol–water partition coefficient (Wildman–Crippen LogP) is 2.92. The number of nitrogens with zero attached hydrogens (tertiary/aromatic N) is 2. The zero-order chi connectivity index (χ0) is 15.2. The zero-order valence-electron chi connectivity index (χ0n) is 11.8. The molecule has 3 nitrogen and oxygen atoms in total. The third-order valence-corrected chi connectivity index (χ3v) is 3.21. The van der Waals surface area contributed by atoms with Gasteiger partial charge in [0.1, 0.15) is 11.6 Å². The Bertz CT molecular complexity index is 557. The van der Waals surface area contributed by atoms with E-state index in [0.29, 0.717) is 19.5 Å². The second-order valence-corrected chi connectivity index (χ2v) is 5.07. The molecule has 1 unspecified atom stereocenters. The van der Waals surface area contributed by atoms with Gasteiger partial charge in [0.25, 0.3) is 0 Å². The van der Waals surface area contributed by atoms with Crippen LogP contribution in [0.2, 0.25) is 0 Å². The van der Waals surface area contributed by atoms with Crippen molar-refractivity contribution in [2.45, 2.75) is 19.1 Å². The normalized spacial score (nSPS) is 12.6. The van der Waals surface area contributed by atoms with E-state index in [1.807, 2.05) is 30.1 Å². The minimum atomic E-state index is -0.888. The van der Waals surface area contributed by atoms with E-state index in [2.05, 4.69) is 4.98 Å². The quantitative estimate of drug-likeness (QED) is 0.889. The van der Waals surface area contributed by atoms with Gasteiger partial charge < -0.3 is 10.0 Å². The maximum atomic E-state index is 13.1. The van der Waals surface area contributed by atoms with Crippen molar-refractivity contribution in [3.8, 4) is 0 Å². The second kappa shape index (κ2) is 7.24. The third kappa shape index (κ3) is 4.88. The summed E-state index contributed by atoms with van der Waals surface area (Å²) in [6.07, 6.45) is 1.24. The van der Waals surface area contributed by atoms with Gasteiger partial charge in [0.15, 0.2) is 0 Å². The average Bonchev–Trinajstić information content (AvgIpc) is 2.45. The molecule has 0 aliphatic heterocycles. The lowest BCUT2D eigenvalue weighted by atomic mass is 10.1. The Morgan fingerprint density at radius 1 is 1.19 bits per heavy atom. The van der Waals surface area contributed by atoms with Crippen molar-refractivity contribution in [2.24, 2.45) is 0 Å². The Morgan fingerprint density at radius 2 is 1.90 bits per heavy atom. The lowest BCUT2D eigenvalue weighted by Crippen LogP contribution is -2.21. The standard InChI is InChI=1S/C16H18F2N2O/c1-20(11-15-4-2-3-6-19-15)7-5-16(21)12-8-13(17)10-14(18)9-12/h2-4,6,8-10,16,21H,5,7,11H2,1H3. The van der Waals surface area contributed by atoms with E-state index in [9.17, 15) is 13.9 Å². The molecule has 2 aromatic rings. The van der Waals surface area contributed by atoms with Crippen molar-refractivity contribution in [1.82, 2.24) is 9.88 Å². The van der Waals surface area contributed by atoms with Gasteiger partial charge in [-0.25, -0.2) is 8.78 Å². The highest BCUT2D eigenvalue weighted by molar-refractivity contribution is 5.20. The minimum absolute atomic E-state index is 0.263. The summed E-state index contributed by atoms with van der Waals surface area (Å²) in [5, 5.41) is 10.0. The molecular formula is C16H18F2N2O. The molecule has 1 aromatic heterocycles. The maximum absolute atomic E-state index is 13.1. The van der Waals surface area contributed by atoms with Gasteiger partial charge in [-0.05, 0) is 43.3 Å². The smallest absolute Gasteiger partial charge is 0.126 e. The molecule has 0 radical (unpaired) electrons. The molecule has 0 aliphatic carbocycles. The number of aliphatic hydroxyl groups excluding tert-OH is 1. The molecular weight excluding hydrogens is 274 g/mol. The Balaban J connectivity index is 1.87. The highest BCUT2D eigenvalue weighted by Crippen LogP contribution is 2.19. The van der Waals surface area contributed by atoms with Crippen LogP contribution in [0, 0.1) is 11.6 Å². The van der Waals surface area contributed by atoms with Crippen LogP contribution in [-0.4, -0.2) is 28.6 Å². The first-order chi connectivity index (χ1) is 10.0. The van der Waals surface area contributed by atoms with Crippen molar-refractivity contribution in [3.05, 3.63) is 65.5 Å². The van der Waals surface area contributed by atoms with E-state index < -0.39 is 17.7 Å². The number of hydrogen-bond donors (Lipinski definition) is 1. The molecule has 112 valence electrons. The summed E-state index contributed by atoms with van der Waals surface area (Å²) < 4.78 is 26.2. The Morgan fingerprint density at radius 3 is 2.52 bits per heavy atom. The van der Waals surface area contributed by atoms with Crippen LogP contribution < -0.4 is 0 Å². The molecule has 1 N–H and O–H groups in total. The minimum Gasteiger partial charge on any atom is -0.388 e. The molecule has 1 aromatic carbocycles. The van der Waals surface area contributed by atoms with Gasteiger partial charge in [-0.15, -0.1) is 0 Å². The van der Waals surface area contributed by atoms with Gasteiger partial charge in [-0.3, -0.25) is 4.98 Å². The summed E-state index contributed by atoms with van der Waals surface area (Å²) >= 11 is 0. The molecule has 1 heterocycles. The molecule has 1 atom stereocenters. The monoisotopic (exact) mass is 292 g/mol. The predicted molar refractivity (Wildman–Crippen MR) is 76.5 cm³/mol. The largest absolute Gasteiger partial charge is 0.388 e. The summed E-state index contributed by atoms with van der Waals surface area (Å²) in [6.45, 7) is 1.25. The molecule has 0 bridgehead atoms. The third-order valence-electron chi connectivity index (χ3n) is 3.21. The fraction of sp³-hybridized carbons (Fsp3) is 0.312. The van der Waals surface area contributed by atoms with E-state index in [0.717, 1.165) is 23.9 Å². The number of halogens is 2. The van der Waals surface area contributed by atoms with Crippen LogP contribution in [0.3, 0.4) is 0 Å². The van der Waals surface area contributed by atoms with Gasteiger partial charge in [0, 0.05) is 25.4 Å². The van der Waals surface area contributed by atoms with Crippen LogP contribution in [0.25, 0.3) is 0 Å². The van der Waals surface area contributed by atoms with Crippen LogP contribution >= 0.6 is 0 Å². The van der Waals surface area contributed by atoms with Gasteiger partial charge >= 0.3 is 0 Å². The molecule has 0 fully saturated rings. The SMILES string of the molecule is CN(CCC(O)c1cc(F)cc(F)c1)Cc1ccccn1. The van der Waals surface area contributed by atoms with Gasteiger partial charge in [0.05, 0.1) is 11.8 Å². The van der Waals surface area contributed by atoms with E-state index in [4.69, 9.17) is 0 Å². The van der Waals surface area contributed by atoms with Crippen molar-refractivity contribution in [3.63, 3.8) is 0 Å². The summed E-state index contributed by atoms with van der Waals surface area (Å²) in [7, 11) is 1.91. The van der Waals surface area contributed by atoms with Crippen LogP contribution in [0.15, 0.2) is 42.6 Å². The van der Waals surface area contributed by atoms with Gasteiger partial charge in [0.2, 0.25) is 0 Å². The fourth-order valence-electron chi connectivity index (χ4n) is 2.12. The van der Waals surface area contributed by atoms with Gasteiger partial charge in [-0.2, -0.15) is 0 Å². The first-order valence-electron chi connectivity index (χ1n) is 6.77. The summed E-state index contributed by atoms with van der Waals surface area (Å²) in [6, 6.07) is 8.81. The van der Waals surface area contributed by atoms with Crippen LogP contribution in [0.4, 0.5) is 8.78 Å². The first-order valence-corrected chi connectivity index (χ1v) is 6.77. The molecule has 2 rings (SSSR count). The number of benzene rings is 1. The number of pyridine rings is 1. The van der Waals surface area contributed by atoms with Crippen molar-refractivity contribution >= 4 is 0 Å². The topological polar surface area (TPSA) is 36.4 Å². The maximum Gasteiger partial charge on any atom is 0.126 e. The number of rotatable bonds is 6. The lowest BCUT2D eigenvalue weighted by Gasteiger charge is -2.18. The highest BCUT2D eigenvalue weighted by atomic mass is 19.1. The summed E-state index contributed by atoms with van der Waals surface area (Å²) in [5.74, 6) is -1.35. The number of aromatic nitrogens is 1. The molecule has 0 spiro atoms. The fourth-order valence-corrected chi connectivity index (χ4v) is 2.12.